The lowest BCUT2D eigenvalue weighted by molar-refractivity contribution is 1.07. The number of rotatable bonds is 2. The lowest BCUT2D eigenvalue weighted by Gasteiger charge is -2.12. The molecule has 0 atom stereocenters. The largest absolute Gasteiger partial charge is 0.326 e. The van der Waals surface area contributed by atoms with E-state index in [1.807, 2.05) is 25.1 Å². The molecule has 2 aromatic carbocycles. The third kappa shape index (κ3) is 2.36. The highest BCUT2D eigenvalue weighted by molar-refractivity contribution is 6.31. The van der Waals surface area contributed by atoms with Crippen LogP contribution in [0.1, 0.15) is 16.7 Å². The molecule has 0 aliphatic carbocycles. The molecule has 0 aromatic heterocycles. The van der Waals surface area contributed by atoms with E-state index in [1.54, 1.807) is 0 Å². The Kier molecular flexibility index (Phi) is 3.51. The highest BCUT2D eigenvalue weighted by atomic mass is 35.5. The molecule has 2 heteroatoms. The third-order valence-corrected chi connectivity index (χ3v) is 3.44. The first-order chi connectivity index (χ1) is 8.13. The van der Waals surface area contributed by atoms with Crippen LogP contribution in [0.3, 0.4) is 0 Å². The Morgan fingerprint density at radius 1 is 1.00 bits per heavy atom. The smallest absolute Gasteiger partial charge is 0.0438 e. The van der Waals surface area contributed by atoms with Crippen molar-refractivity contribution in [2.24, 2.45) is 5.73 Å². The average molecular weight is 246 g/mol. The first-order valence-corrected chi connectivity index (χ1v) is 6.06. The summed E-state index contributed by atoms with van der Waals surface area (Å²) >= 11 is 6.12. The second kappa shape index (κ2) is 4.91. The maximum Gasteiger partial charge on any atom is 0.0438 e. The predicted octanol–water partition coefficient (Wildman–Crippen LogP) is 4.08. The lowest BCUT2D eigenvalue weighted by atomic mass is 9.94. The van der Waals surface area contributed by atoms with Gasteiger partial charge in [0.2, 0.25) is 0 Å². The van der Waals surface area contributed by atoms with Crippen LogP contribution in [0.2, 0.25) is 5.02 Å². The van der Waals surface area contributed by atoms with Gasteiger partial charge in [-0.25, -0.2) is 0 Å². The van der Waals surface area contributed by atoms with Crippen LogP contribution in [-0.4, -0.2) is 0 Å². The van der Waals surface area contributed by atoms with E-state index in [0.29, 0.717) is 6.54 Å². The minimum Gasteiger partial charge on any atom is -0.326 e. The van der Waals surface area contributed by atoms with Crippen LogP contribution in [0.15, 0.2) is 36.4 Å². The molecule has 0 saturated carbocycles. The SMILES string of the molecule is Cc1cc(-c2ccccc2CN)c(C)cc1Cl. The second-order valence-electron chi connectivity index (χ2n) is 4.28. The summed E-state index contributed by atoms with van der Waals surface area (Å²) in [5, 5.41) is 0.816. The normalized spacial score (nSPS) is 10.6. The minimum absolute atomic E-state index is 0.553. The van der Waals surface area contributed by atoms with Gasteiger partial charge in [0.1, 0.15) is 0 Å². The Labute approximate surface area is 107 Å². The Hall–Kier alpha value is -1.31. The fourth-order valence-corrected chi connectivity index (χ4v) is 2.25. The second-order valence-corrected chi connectivity index (χ2v) is 4.68. The van der Waals surface area contributed by atoms with Crippen molar-refractivity contribution in [3.8, 4) is 11.1 Å². The van der Waals surface area contributed by atoms with E-state index < -0.39 is 0 Å². The number of nitrogens with two attached hydrogens (primary N) is 1. The van der Waals surface area contributed by atoms with Gasteiger partial charge in [-0.05, 0) is 53.8 Å². The number of benzene rings is 2. The summed E-state index contributed by atoms with van der Waals surface area (Å²) in [6.45, 7) is 4.65. The lowest BCUT2D eigenvalue weighted by Crippen LogP contribution is -1.99. The van der Waals surface area contributed by atoms with Crippen LogP contribution >= 0.6 is 11.6 Å². The molecule has 0 unspecified atom stereocenters. The summed E-state index contributed by atoms with van der Waals surface area (Å²) in [7, 11) is 0. The first kappa shape index (κ1) is 12.2. The molecule has 0 heterocycles. The van der Waals surface area contributed by atoms with Gasteiger partial charge in [-0.3, -0.25) is 0 Å². The third-order valence-electron chi connectivity index (χ3n) is 3.03. The van der Waals surface area contributed by atoms with Crippen molar-refractivity contribution in [1.82, 2.24) is 0 Å². The first-order valence-electron chi connectivity index (χ1n) is 5.68. The molecule has 0 amide bonds. The summed E-state index contributed by atoms with van der Waals surface area (Å²) in [4.78, 5) is 0. The molecule has 2 aromatic rings. The molecule has 1 nitrogen and oxygen atoms in total. The van der Waals surface area contributed by atoms with E-state index in [0.717, 1.165) is 16.1 Å². The van der Waals surface area contributed by atoms with Crippen LogP contribution in [0, 0.1) is 13.8 Å². The van der Waals surface area contributed by atoms with E-state index in [9.17, 15) is 0 Å². The maximum atomic E-state index is 6.12. The fraction of sp³-hybridized carbons (Fsp3) is 0.200. The van der Waals surface area contributed by atoms with E-state index >= 15 is 0 Å². The summed E-state index contributed by atoms with van der Waals surface area (Å²) in [5.41, 5.74) is 11.6. The number of aryl methyl sites for hydroxylation is 2. The zero-order valence-electron chi connectivity index (χ0n) is 10.1. The minimum atomic E-state index is 0.553. The summed E-state index contributed by atoms with van der Waals surface area (Å²) in [5.74, 6) is 0. The summed E-state index contributed by atoms with van der Waals surface area (Å²) in [6.07, 6.45) is 0. The van der Waals surface area contributed by atoms with Gasteiger partial charge in [-0.1, -0.05) is 35.9 Å². The van der Waals surface area contributed by atoms with Gasteiger partial charge in [0.05, 0.1) is 0 Å². The molecule has 0 spiro atoms. The Balaban J connectivity index is 2.64. The monoisotopic (exact) mass is 245 g/mol. The number of hydrogen-bond donors (Lipinski definition) is 1. The molecule has 0 fully saturated rings. The van der Waals surface area contributed by atoms with Gasteiger partial charge >= 0.3 is 0 Å². The highest BCUT2D eigenvalue weighted by Crippen LogP contribution is 2.30. The zero-order valence-corrected chi connectivity index (χ0v) is 10.9. The Morgan fingerprint density at radius 3 is 2.41 bits per heavy atom. The van der Waals surface area contributed by atoms with E-state index in [1.165, 1.54) is 16.7 Å². The molecule has 0 aliphatic heterocycles. The van der Waals surface area contributed by atoms with Gasteiger partial charge in [0, 0.05) is 11.6 Å². The van der Waals surface area contributed by atoms with Crippen molar-refractivity contribution in [2.45, 2.75) is 20.4 Å². The Bertz CT molecular complexity index is 547. The van der Waals surface area contributed by atoms with Crippen molar-refractivity contribution >= 4 is 11.6 Å². The standard InChI is InChI=1S/C15H16ClN/c1-10-8-15(16)11(2)7-14(10)13-6-4-3-5-12(13)9-17/h3-8H,9,17H2,1-2H3. The van der Waals surface area contributed by atoms with Crippen molar-refractivity contribution in [3.63, 3.8) is 0 Å². The fourth-order valence-electron chi connectivity index (χ4n) is 2.03. The van der Waals surface area contributed by atoms with Crippen LogP contribution in [0.4, 0.5) is 0 Å². The molecular weight excluding hydrogens is 230 g/mol. The van der Waals surface area contributed by atoms with Gasteiger partial charge in [-0.15, -0.1) is 0 Å². The predicted molar refractivity (Wildman–Crippen MR) is 74.3 cm³/mol. The maximum absolute atomic E-state index is 6.12. The molecular formula is C15H16ClN. The van der Waals surface area contributed by atoms with E-state index in [4.69, 9.17) is 17.3 Å². The van der Waals surface area contributed by atoms with Crippen molar-refractivity contribution < 1.29 is 0 Å². The topological polar surface area (TPSA) is 26.0 Å². The van der Waals surface area contributed by atoms with E-state index in [2.05, 4.69) is 25.1 Å². The summed E-state index contributed by atoms with van der Waals surface area (Å²) in [6, 6.07) is 12.4. The van der Waals surface area contributed by atoms with Crippen LogP contribution in [0.25, 0.3) is 11.1 Å². The number of halogens is 1. The molecule has 0 bridgehead atoms. The zero-order chi connectivity index (χ0) is 12.4. The Morgan fingerprint density at radius 2 is 1.71 bits per heavy atom. The average Bonchev–Trinajstić information content (AvgIpc) is 2.34. The van der Waals surface area contributed by atoms with Crippen LogP contribution < -0.4 is 5.73 Å². The van der Waals surface area contributed by atoms with Gasteiger partial charge < -0.3 is 5.73 Å². The van der Waals surface area contributed by atoms with E-state index in [-0.39, 0.29) is 0 Å². The van der Waals surface area contributed by atoms with Crippen molar-refractivity contribution in [1.29, 1.82) is 0 Å². The molecule has 0 aliphatic rings. The molecule has 17 heavy (non-hydrogen) atoms. The van der Waals surface area contributed by atoms with Crippen LogP contribution in [0.5, 0.6) is 0 Å². The van der Waals surface area contributed by atoms with Gasteiger partial charge in [0.15, 0.2) is 0 Å². The van der Waals surface area contributed by atoms with Crippen molar-refractivity contribution in [2.75, 3.05) is 0 Å². The number of hydrogen-bond acceptors (Lipinski definition) is 1. The molecule has 88 valence electrons. The molecule has 0 radical (unpaired) electrons. The quantitative estimate of drug-likeness (QED) is 0.848. The van der Waals surface area contributed by atoms with Gasteiger partial charge in [0.25, 0.3) is 0 Å². The van der Waals surface area contributed by atoms with Gasteiger partial charge in [-0.2, -0.15) is 0 Å². The summed E-state index contributed by atoms with van der Waals surface area (Å²) < 4.78 is 0. The molecule has 2 rings (SSSR count). The van der Waals surface area contributed by atoms with Crippen molar-refractivity contribution in [3.05, 3.63) is 58.1 Å². The molecule has 0 saturated heterocycles. The highest BCUT2D eigenvalue weighted by Gasteiger charge is 2.08. The molecule has 2 N–H and O–H groups in total. The van der Waals surface area contributed by atoms with Crippen LogP contribution in [-0.2, 0) is 6.54 Å².